The molecule has 4 N–H and O–H groups in total. The Hall–Kier alpha value is -2.04. The third-order valence-electron chi connectivity index (χ3n) is 3.96. The minimum Gasteiger partial charge on any atom is -0.399 e. The number of rotatable bonds is 4. The molecule has 0 saturated heterocycles. The van der Waals surface area contributed by atoms with Gasteiger partial charge in [0, 0.05) is 17.3 Å². The van der Waals surface area contributed by atoms with Crippen molar-refractivity contribution < 1.29 is 9.59 Å². The molecule has 0 unspecified atom stereocenters. The van der Waals surface area contributed by atoms with Crippen molar-refractivity contribution in [2.24, 2.45) is 5.92 Å². The Labute approximate surface area is 125 Å². The molecule has 1 aliphatic carbocycles. The first-order chi connectivity index (χ1) is 10.0. The van der Waals surface area contributed by atoms with Gasteiger partial charge in [-0.25, -0.2) is 0 Å². The Morgan fingerprint density at radius 1 is 1.14 bits per heavy atom. The highest BCUT2D eigenvalue weighted by Crippen LogP contribution is 2.23. The minimum absolute atomic E-state index is 0.00919. The number of nitrogens with one attached hydrogen (secondary N) is 2. The molecule has 2 amide bonds. The average molecular weight is 289 g/mol. The van der Waals surface area contributed by atoms with E-state index in [9.17, 15) is 9.59 Å². The number of carbonyl (C=O) groups is 2. The molecule has 2 rings (SSSR count). The molecule has 1 saturated carbocycles. The highest BCUT2D eigenvalue weighted by molar-refractivity contribution is 5.96. The van der Waals surface area contributed by atoms with Crippen molar-refractivity contribution >= 4 is 17.5 Å². The van der Waals surface area contributed by atoms with E-state index in [1.54, 1.807) is 24.3 Å². The van der Waals surface area contributed by atoms with Crippen molar-refractivity contribution in [3.8, 4) is 0 Å². The lowest BCUT2D eigenvalue weighted by molar-refractivity contribution is -0.121. The first-order valence-electron chi connectivity index (χ1n) is 7.47. The SMILES string of the molecule is CC1CCC(NC(=O)CNC(=O)c2ccc(N)cc2)CC1. The van der Waals surface area contributed by atoms with E-state index in [0.717, 1.165) is 31.6 Å². The van der Waals surface area contributed by atoms with E-state index >= 15 is 0 Å². The van der Waals surface area contributed by atoms with Crippen LogP contribution in [0.1, 0.15) is 43.0 Å². The summed E-state index contributed by atoms with van der Waals surface area (Å²) >= 11 is 0. The van der Waals surface area contributed by atoms with Crippen LogP contribution in [0.2, 0.25) is 0 Å². The van der Waals surface area contributed by atoms with E-state index in [4.69, 9.17) is 5.73 Å². The molecule has 0 aliphatic heterocycles. The van der Waals surface area contributed by atoms with Crippen LogP contribution in [0.15, 0.2) is 24.3 Å². The topological polar surface area (TPSA) is 84.2 Å². The fraction of sp³-hybridized carbons (Fsp3) is 0.500. The van der Waals surface area contributed by atoms with Gasteiger partial charge in [0.15, 0.2) is 0 Å². The number of benzene rings is 1. The predicted octanol–water partition coefficient (Wildman–Crippen LogP) is 1.69. The number of carbonyl (C=O) groups excluding carboxylic acids is 2. The molecule has 114 valence electrons. The highest BCUT2D eigenvalue weighted by atomic mass is 16.2. The summed E-state index contributed by atoms with van der Waals surface area (Å²) in [7, 11) is 0. The van der Waals surface area contributed by atoms with E-state index in [1.807, 2.05) is 0 Å². The molecule has 5 heteroatoms. The first-order valence-corrected chi connectivity index (χ1v) is 7.47. The second kappa shape index (κ2) is 7.11. The van der Waals surface area contributed by atoms with Gasteiger partial charge in [0.2, 0.25) is 5.91 Å². The maximum Gasteiger partial charge on any atom is 0.251 e. The number of nitrogens with two attached hydrogens (primary N) is 1. The second-order valence-electron chi connectivity index (χ2n) is 5.83. The fourth-order valence-electron chi connectivity index (χ4n) is 2.58. The standard InChI is InChI=1S/C16H23N3O2/c1-11-2-8-14(9-3-11)19-15(20)10-18-16(21)12-4-6-13(17)7-5-12/h4-7,11,14H,2-3,8-10,17H2,1H3,(H,18,21)(H,19,20). The van der Waals surface area contributed by atoms with Crippen molar-refractivity contribution in [1.82, 2.24) is 10.6 Å². The zero-order chi connectivity index (χ0) is 15.2. The van der Waals surface area contributed by atoms with Gasteiger partial charge in [0.05, 0.1) is 6.54 Å². The average Bonchev–Trinajstić information content (AvgIpc) is 2.48. The summed E-state index contributed by atoms with van der Waals surface area (Å²) in [6, 6.07) is 6.87. The molecule has 0 aromatic heterocycles. The molecule has 0 spiro atoms. The van der Waals surface area contributed by atoms with Crippen molar-refractivity contribution in [2.45, 2.75) is 38.6 Å². The van der Waals surface area contributed by atoms with E-state index in [-0.39, 0.29) is 24.4 Å². The summed E-state index contributed by atoms with van der Waals surface area (Å²) in [6.45, 7) is 2.25. The number of nitrogen functional groups attached to an aromatic ring is 1. The normalized spacial score (nSPS) is 21.6. The first kappa shape index (κ1) is 15.4. The van der Waals surface area contributed by atoms with Crippen LogP contribution in [-0.4, -0.2) is 24.4 Å². The lowest BCUT2D eigenvalue weighted by Crippen LogP contribution is -2.43. The second-order valence-corrected chi connectivity index (χ2v) is 5.83. The molecule has 1 fully saturated rings. The largest absolute Gasteiger partial charge is 0.399 e. The molecular weight excluding hydrogens is 266 g/mol. The number of amides is 2. The van der Waals surface area contributed by atoms with Crippen LogP contribution < -0.4 is 16.4 Å². The maximum absolute atomic E-state index is 11.9. The summed E-state index contributed by atoms with van der Waals surface area (Å²) in [6.07, 6.45) is 4.36. The summed E-state index contributed by atoms with van der Waals surface area (Å²) in [4.78, 5) is 23.7. The molecule has 1 aromatic carbocycles. The van der Waals surface area contributed by atoms with Crippen LogP contribution in [0.5, 0.6) is 0 Å². The van der Waals surface area contributed by atoms with Crippen molar-refractivity contribution in [3.05, 3.63) is 29.8 Å². The summed E-state index contributed by atoms with van der Waals surface area (Å²) in [5.41, 5.74) is 6.68. The zero-order valence-electron chi connectivity index (χ0n) is 12.4. The third-order valence-corrected chi connectivity index (χ3v) is 3.96. The van der Waals surface area contributed by atoms with Crippen LogP contribution in [0.25, 0.3) is 0 Å². The van der Waals surface area contributed by atoms with Crippen LogP contribution in [0.3, 0.4) is 0 Å². The van der Waals surface area contributed by atoms with Gasteiger partial charge in [0.1, 0.15) is 0 Å². The van der Waals surface area contributed by atoms with Gasteiger partial charge < -0.3 is 16.4 Å². The van der Waals surface area contributed by atoms with Crippen molar-refractivity contribution in [3.63, 3.8) is 0 Å². The van der Waals surface area contributed by atoms with Crippen molar-refractivity contribution in [2.75, 3.05) is 12.3 Å². The molecule has 0 radical (unpaired) electrons. The monoisotopic (exact) mass is 289 g/mol. The van der Waals surface area contributed by atoms with Gasteiger partial charge in [0.25, 0.3) is 5.91 Å². The van der Waals surface area contributed by atoms with Crippen LogP contribution >= 0.6 is 0 Å². The maximum atomic E-state index is 11.9. The smallest absolute Gasteiger partial charge is 0.251 e. The molecule has 0 heterocycles. The zero-order valence-corrected chi connectivity index (χ0v) is 12.4. The number of anilines is 1. The molecule has 1 aliphatic rings. The summed E-state index contributed by atoms with van der Waals surface area (Å²) < 4.78 is 0. The number of hydrogen-bond acceptors (Lipinski definition) is 3. The third kappa shape index (κ3) is 4.77. The molecule has 0 bridgehead atoms. The van der Waals surface area contributed by atoms with E-state index < -0.39 is 0 Å². The minimum atomic E-state index is -0.262. The lowest BCUT2D eigenvalue weighted by atomic mass is 9.87. The van der Waals surface area contributed by atoms with Crippen LogP contribution in [-0.2, 0) is 4.79 Å². The Morgan fingerprint density at radius 2 is 1.76 bits per heavy atom. The Kier molecular flexibility index (Phi) is 5.20. The van der Waals surface area contributed by atoms with Gasteiger partial charge in [-0.1, -0.05) is 6.92 Å². The molecule has 0 atom stereocenters. The van der Waals surface area contributed by atoms with Gasteiger partial charge >= 0.3 is 0 Å². The Morgan fingerprint density at radius 3 is 2.38 bits per heavy atom. The highest BCUT2D eigenvalue weighted by Gasteiger charge is 2.19. The molecule has 21 heavy (non-hydrogen) atoms. The van der Waals surface area contributed by atoms with Gasteiger partial charge in [-0.15, -0.1) is 0 Å². The summed E-state index contributed by atoms with van der Waals surface area (Å²) in [5.74, 6) is 0.365. The quantitative estimate of drug-likeness (QED) is 0.738. The van der Waals surface area contributed by atoms with Gasteiger partial charge in [-0.05, 0) is 55.9 Å². The lowest BCUT2D eigenvalue weighted by Gasteiger charge is -2.26. The van der Waals surface area contributed by atoms with Gasteiger partial charge in [-0.3, -0.25) is 9.59 Å². The van der Waals surface area contributed by atoms with Crippen LogP contribution in [0.4, 0.5) is 5.69 Å². The molecule has 5 nitrogen and oxygen atoms in total. The number of hydrogen-bond donors (Lipinski definition) is 3. The fourth-order valence-corrected chi connectivity index (χ4v) is 2.58. The van der Waals surface area contributed by atoms with E-state index in [2.05, 4.69) is 17.6 Å². The van der Waals surface area contributed by atoms with Gasteiger partial charge in [-0.2, -0.15) is 0 Å². The summed E-state index contributed by atoms with van der Waals surface area (Å²) in [5, 5.41) is 5.61. The molecule has 1 aromatic rings. The predicted molar refractivity (Wildman–Crippen MR) is 82.8 cm³/mol. The Bertz CT molecular complexity index is 491. The van der Waals surface area contributed by atoms with Crippen LogP contribution in [0, 0.1) is 5.92 Å². The van der Waals surface area contributed by atoms with Crippen molar-refractivity contribution in [1.29, 1.82) is 0 Å². The van der Waals surface area contributed by atoms with E-state index in [0.29, 0.717) is 11.3 Å². The van der Waals surface area contributed by atoms with E-state index in [1.165, 1.54) is 0 Å². The molecular formula is C16H23N3O2. The Balaban J connectivity index is 1.73.